The molecule has 0 saturated heterocycles. The molecular weight excluding hydrogens is 1820 g/mol. The van der Waals surface area contributed by atoms with Crippen LogP contribution in [0.4, 0.5) is 0 Å². The molecule has 27 heteroatoms. The number of carboxylic acid groups (broad SMARTS) is 2. The summed E-state index contributed by atoms with van der Waals surface area (Å²) in [5.74, 6) is 2.76. The number of hydrogen-bond acceptors (Lipinski definition) is 12. The molecule has 0 aromatic carbocycles. The van der Waals surface area contributed by atoms with Gasteiger partial charge >= 0.3 is 114 Å². The fourth-order valence-electron chi connectivity index (χ4n) is 16.7. The minimum Gasteiger partial charge on any atom is -0.481 e. The Balaban J connectivity index is -0.0000000615. The molecule has 0 bridgehead atoms. The van der Waals surface area contributed by atoms with Crippen LogP contribution < -0.4 is 37.2 Å². The van der Waals surface area contributed by atoms with E-state index in [0.717, 1.165) is 121 Å². The summed E-state index contributed by atoms with van der Waals surface area (Å²) < 4.78 is 0. The van der Waals surface area contributed by atoms with Gasteiger partial charge < -0.3 is 151 Å². The monoisotopic (exact) mass is 2020 g/mol. The minimum atomic E-state index is -0.776. The summed E-state index contributed by atoms with van der Waals surface area (Å²) in [5, 5.41) is 36.2. The number of nitrogens with one attached hydrogen (secondary N) is 7. The van der Waals surface area contributed by atoms with Gasteiger partial charge in [0.25, 0.3) is 0 Å². The van der Waals surface area contributed by atoms with Crippen molar-refractivity contribution in [3.63, 3.8) is 0 Å². The quantitative estimate of drug-likeness (QED) is 0.0513. The molecule has 12 rings (SSSR count). The van der Waals surface area contributed by atoms with Crippen molar-refractivity contribution in [1.29, 1.82) is 0 Å². The van der Waals surface area contributed by atoms with Gasteiger partial charge in [-0.3, -0.25) is 43.2 Å². The van der Waals surface area contributed by atoms with Crippen molar-refractivity contribution in [3.05, 3.63) is 89.1 Å². The van der Waals surface area contributed by atoms with E-state index in [1.165, 1.54) is 212 Å². The first-order chi connectivity index (χ1) is 50.9. The van der Waals surface area contributed by atoms with Crippen LogP contribution in [0.2, 0.25) is 0 Å². The molecule has 0 heterocycles. The van der Waals surface area contributed by atoms with Crippen LogP contribution in [0.5, 0.6) is 0 Å². The van der Waals surface area contributed by atoms with E-state index < -0.39 is 11.9 Å². The number of aliphatic carboxylic acids is 2. The Bertz CT molecular complexity index is 2200. The number of nitrogens with zero attached hydrogens (tertiary/aromatic N) is 3. The molecule has 12 aliphatic rings. The van der Waals surface area contributed by atoms with Gasteiger partial charge in [-0.1, -0.05) is 186 Å². The first-order valence-electron chi connectivity index (χ1n) is 42.9. The average Bonchev–Trinajstić information content (AvgIpc) is 1.74. The van der Waals surface area contributed by atoms with Crippen molar-refractivity contribution in [3.8, 4) is 0 Å². The smallest absolute Gasteiger partial charge is 0.481 e. The van der Waals surface area contributed by atoms with E-state index in [0.29, 0.717) is 49.0 Å². The fraction of sp³-hybridized carbons (Fsp3) is 0.784. The van der Waals surface area contributed by atoms with Crippen molar-refractivity contribution in [1.82, 2.24) is 51.9 Å². The van der Waals surface area contributed by atoms with Gasteiger partial charge in [-0.05, 0) is 183 Å². The third-order valence-corrected chi connectivity index (χ3v) is 23.0. The molecule has 0 aromatic heterocycles. The Labute approximate surface area is 834 Å². The van der Waals surface area contributed by atoms with Crippen molar-refractivity contribution in [2.45, 2.75) is 328 Å². The number of rotatable bonds is 16. The molecule has 12 fully saturated rings. The van der Waals surface area contributed by atoms with Gasteiger partial charge in [-0.15, -0.1) is 0 Å². The zero-order chi connectivity index (χ0) is 78.7. The SMILES string of the molecule is C1CCCC1.C1CCCC1.C1CCCC1.CC(=O)NC1CCCC1.CN(C)CC1CCCC1.CN(C)CCNC(=O)C1CCCC1.CNC(=O)C1CCC(C(=O)O)C1.CNC(=O)C1CCC(CN(C)C)C1.CNC(=O)C1CCCC1.CNC(=O)C1CCCC1.CNC(=O)C1CCCC1.O=C(O)C1CCCC1.[CH3-].[CH3-].[CH3-].[CH3-].[CH3-].[CH3-].[CH3-].[CH3-].[CH3-].[CH3-].[CH3-].[CH3-].[Fe+2].[Fe+2].[Fe+2].[Fe+2].[Fe+2].[Fe+2]. The number of amides is 7. The first-order valence-corrected chi connectivity index (χ1v) is 42.9. The Morgan fingerprint density at radius 2 is 0.484 bits per heavy atom. The van der Waals surface area contributed by atoms with E-state index in [1.54, 1.807) is 42.2 Å². The van der Waals surface area contributed by atoms with Crippen LogP contribution in [-0.4, -0.2) is 188 Å². The summed E-state index contributed by atoms with van der Waals surface area (Å²) in [5.41, 5.74) is 0. The molecule has 750 valence electrons. The number of carboxylic acids is 2. The Morgan fingerprint density at radius 3 is 0.726 bits per heavy atom. The Morgan fingerprint density at radius 1 is 0.258 bits per heavy atom. The van der Waals surface area contributed by atoms with Gasteiger partial charge in [0.1, 0.15) is 0 Å². The maximum Gasteiger partial charge on any atom is 2.00 e. The molecule has 0 spiro atoms. The minimum absolute atomic E-state index is 0. The van der Waals surface area contributed by atoms with Gasteiger partial charge in [0.2, 0.25) is 41.4 Å². The third-order valence-electron chi connectivity index (χ3n) is 23.0. The zero-order valence-corrected chi connectivity index (χ0v) is 90.5. The van der Waals surface area contributed by atoms with Gasteiger partial charge in [-0.2, -0.15) is 0 Å². The Kier molecular flexibility index (Phi) is 144. The van der Waals surface area contributed by atoms with Gasteiger partial charge in [0, 0.05) is 110 Å². The van der Waals surface area contributed by atoms with Gasteiger partial charge in [0.05, 0.1) is 11.8 Å². The predicted octanol–water partition coefficient (Wildman–Crippen LogP) is 19.9. The van der Waals surface area contributed by atoms with E-state index in [-0.39, 0.29) is 257 Å². The predicted molar refractivity (Wildman–Crippen MR) is 510 cm³/mol. The summed E-state index contributed by atoms with van der Waals surface area (Å²) in [6.45, 7) is 5.71. The molecule has 0 radical (unpaired) electrons. The Hall–Kier alpha value is -1.77. The molecule has 4 unspecified atom stereocenters. The molecule has 12 aliphatic carbocycles. The van der Waals surface area contributed by atoms with E-state index in [4.69, 9.17) is 10.2 Å². The second-order valence-electron chi connectivity index (χ2n) is 33.0. The third kappa shape index (κ3) is 86.9. The number of hydrogen-bond donors (Lipinski definition) is 9. The van der Waals surface area contributed by atoms with Crippen molar-refractivity contribution >= 4 is 53.3 Å². The van der Waals surface area contributed by atoms with Gasteiger partial charge in [0.15, 0.2) is 0 Å². The molecule has 124 heavy (non-hydrogen) atoms. The summed E-state index contributed by atoms with van der Waals surface area (Å²) in [6.07, 6.45) is 61.1. The van der Waals surface area contributed by atoms with E-state index in [1.807, 2.05) is 14.1 Å². The molecule has 9 N–H and O–H groups in total. The number of carbonyl (C=O) groups is 9. The maximum absolute atomic E-state index is 11.5. The molecule has 7 amide bonds. The van der Waals surface area contributed by atoms with Crippen LogP contribution in [0, 0.1) is 148 Å². The number of likely N-dealkylation sites (N-methyl/N-ethyl adjacent to an activating group) is 1. The summed E-state index contributed by atoms with van der Waals surface area (Å²) >= 11 is 0. The molecule has 4 atom stereocenters. The molecule has 0 aromatic rings. The van der Waals surface area contributed by atoms with Crippen molar-refractivity contribution < 1.29 is 156 Å². The first kappa shape index (κ1) is 165. The second-order valence-corrected chi connectivity index (χ2v) is 33.0. The molecule has 21 nitrogen and oxygen atoms in total. The fourth-order valence-corrected chi connectivity index (χ4v) is 16.7. The second kappa shape index (κ2) is 108. The largest absolute Gasteiger partial charge is 2.00 e. The standard InChI is InChI=1S/2C10H20N2O.C8H13NO3.C8H17N.4C7H13NO.C6H10O2.3C5H10.12CH3.6Fe/c1-11-10(13)9-5-4-8(6-9)7-12(2)3;1-12(2)8-7-11-10(13)9-5-3-4-6-9;1-9-7(10)5-2-3-6(4-5)8(11)12;1-9(2)7-8-5-3-4-6-8;3*1-8-7(9)6-4-2-3-5-6;1-6(9)8-7-4-2-3-5-7;7-6(8)5-3-1-2-4-5;3*1-2-4-5-3-1;;;;;;;;;;;;;;;;;;/h8-9H,4-7H2,1-3H3,(H,11,13);9H,3-8H2,1-2H3,(H,11,13);5-6H,2-4H2,1H3,(H,9,10)(H,11,12);8H,3-7H2,1-2H3;3*6H,2-5H2,1H3,(H,8,9);7H,2-5H2,1H3,(H,8,9);5H,1-4H2,(H,7,8);3*1-5H2;12*1H3;;;;;;/q;;;;;;;;;;;;12*-1;6*+2. The average molecular weight is 2020 g/mol. The van der Waals surface area contributed by atoms with Crippen LogP contribution >= 0.6 is 0 Å². The van der Waals surface area contributed by atoms with E-state index in [2.05, 4.69) is 80.1 Å². The zero-order valence-electron chi connectivity index (χ0n) is 83.9. The summed E-state index contributed by atoms with van der Waals surface area (Å²) in [4.78, 5) is 104. The molecule has 12 saturated carbocycles. The summed E-state index contributed by atoms with van der Waals surface area (Å²) in [7, 11) is 21.0. The number of carbonyl (C=O) groups excluding carboxylic acids is 7. The van der Waals surface area contributed by atoms with Crippen LogP contribution in [0.15, 0.2) is 0 Å². The van der Waals surface area contributed by atoms with E-state index >= 15 is 0 Å². The van der Waals surface area contributed by atoms with Crippen LogP contribution in [0.1, 0.15) is 322 Å². The van der Waals surface area contributed by atoms with Crippen LogP contribution in [-0.2, 0) is 146 Å². The normalized spacial score (nSPS) is 19.3. The van der Waals surface area contributed by atoms with Crippen molar-refractivity contribution in [2.75, 3.05) is 104 Å². The van der Waals surface area contributed by atoms with E-state index in [9.17, 15) is 43.2 Å². The maximum atomic E-state index is 11.5. The summed E-state index contributed by atoms with van der Waals surface area (Å²) in [6, 6.07) is 0.488. The van der Waals surface area contributed by atoms with Crippen LogP contribution in [0.3, 0.4) is 0 Å². The molecule has 0 aliphatic heterocycles. The van der Waals surface area contributed by atoms with Crippen LogP contribution in [0.25, 0.3) is 0 Å². The topological polar surface area (TPSA) is 288 Å². The molecular formula is C97H198Fe6N10O11. The van der Waals surface area contributed by atoms with Crippen molar-refractivity contribution in [2.24, 2.45) is 59.2 Å². The van der Waals surface area contributed by atoms with Gasteiger partial charge in [-0.25, -0.2) is 0 Å².